The molecule has 0 spiro atoms. The van der Waals surface area contributed by atoms with Gasteiger partial charge >= 0.3 is 5.97 Å². The zero-order valence-corrected chi connectivity index (χ0v) is 11.4. The molecule has 1 unspecified atom stereocenters. The number of hydrogen-bond acceptors (Lipinski definition) is 2. The molecule has 2 N–H and O–H groups in total. The van der Waals surface area contributed by atoms with Gasteiger partial charge in [0.05, 0.1) is 0 Å². The summed E-state index contributed by atoms with van der Waals surface area (Å²) in [6.07, 6.45) is 0. The van der Waals surface area contributed by atoms with Gasteiger partial charge in [0.25, 0.3) is 5.91 Å². The molecule has 6 heteroatoms. The second-order valence-corrected chi connectivity index (χ2v) is 5.06. The molecule has 4 nitrogen and oxygen atoms in total. The number of hydrogen-bond donors (Lipinski definition) is 2. The molecular formula is C12H13Cl2NO3. The Hall–Kier alpha value is -1.26. The molecule has 0 aliphatic rings. The number of carbonyl (C=O) groups excluding carboxylic acids is 1. The summed E-state index contributed by atoms with van der Waals surface area (Å²) in [6.45, 7) is 3.42. The highest BCUT2D eigenvalue weighted by molar-refractivity contribution is 6.35. The number of rotatable bonds is 4. The number of carboxylic acid groups (broad SMARTS) is 1. The summed E-state index contributed by atoms with van der Waals surface area (Å²) in [5, 5.41) is 12.1. The lowest BCUT2D eigenvalue weighted by molar-refractivity contribution is -0.140. The van der Waals surface area contributed by atoms with E-state index >= 15 is 0 Å². The van der Waals surface area contributed by atoms with E-state index in [2.05, 4.69) is 5.32 Å². The highest BCUT2D eigenvalue weighted by Gasteiger charge is 2.24. The Morgan fingerprint density at radius 1 is 1.17 bits per heavy atom. The van der Waals surface area contributed by atoms with Gasteiger partial charge in [-0.15, -0.1) is 0 Å². The van der Waals surface area contributed by atoms with Gasteiger partial charge in [0.1, 0.15) is 6.04 Å². The first-order chi connectivity index (χ1) is 8.31. The molecule has 0 radical (unpaired) electrons. The SMILES string of the molecule is CC(C)C(NC(=O)c1cc(Cl)cc(Cl)c1)C(=O)O. The number of benzene rings is 1. The van der Waals surface area contributed by atoms with E-state index in [9.17, 15) is 9.59 Å². The van der Waals surface area contributed by atoms with Crippen molar-refractivity contribution in [2.45, 2.75) is 19.9 Å². The lowest BCUT2D eigenvalue weighted by Crippen LogP contribution is -2.44. The van der Waals surface area contributed by atoms with E-state index in [1.807, 2.05) is 0 Å². The van der Waals surface area contributed by atoms with Crippen molar-refractivity contribution in [2.24, 2.45) is 5.92 Å². The Morgan fingerprint density at radius 3 is 2.06 bits per heavy atom. The average Bonchev–Trinajstić information content (AvgIpc) is 2.23. The zero-order valence-electron chi connectivity index (χ0n) is 9.91. The Bertz CT molecular complexity index is 454. The largest absolute Gasteiger partial charge is 0.480 e. The predicted molar refractivity (Wildman–Crippen MR) is 70.2 cm³/mol. The van der Waals surface area contributed by atoms with Crippen molar-refractivity contribution in [1.29, 1.82) is 0 Å². The molecule has 0 saturated carbocycles. The molecule has 0 saturated heterocycles. The fourth-order valence-electron chi connectivity index (χ4n) is 1.42. The molecule has 1 aromatic rings. The van der Waals surface area contributed by atoms with Crippen molar-refractivity contribution >= 4 is 35.1 Å². The van der Waals surface area contributed by atoms with Crippen molar-refractivity contribution in [3.8, 4) is 0 Å². The van der Waals surface area contributed by atoms with Crippen LogP contribution in [0.2, 0.25) is 10.0 Å². The summed E-state index contributed by atoms with van der Waals surface area (Å²) < 4.78 is 0. The molecular weight excluding hydrogens is 277 g/mol. The monoisotopic (exact) mass is 289 g/mol. The van der Waals surface area contributed by atoms with Gasteiger partial charge in [-0.25, -0.2) is 4.79 Å². The van der Waals surface area contributed by atoms with Gasteiger partial charge in [0, 0.05) is 15.6 Å². The van der Waals surface area contributed by atoms with Crippen molar-refractivity contribution < 1.29 is 14.7 Å². The van der Waals surface area contributed by atoms with Crippen LogP contribution in [0.1, 0.15) is 24.2 Å². The van der Waals surface area contributed by atoms with E-state index in [1.165, 1.54) is 18.2 Å². The van der Waals surface area contributed by atoms with Gasteiger partial charge in [0.15, 0.2) is 0 Å². The van der Waals surface area contributed by atoms with Crippen LogP contribution >= 0.6 is 23.2 Å². The molecule has 1 amide bonds. The van der Waals surface area contributed by atoms with Gasteiger partial charge < -0.3 is 10.4 Å². The normalized spacial score (nSPS) is 12.3. The summed E-state index contributed by atoms with van der Waals surface area (Å²) in [6, 6.07) is 3.41. The minimum Gasteiger partial charge on any atom is -0.480 e. The highest BCUT2D eigenvalue weighted by atomic mass is 35.5. The highest BCUT2D eigenvalue weighted by Crippen LogP contribution is 2.19. The molecule has 0 heterocycles. The average molecular weight is 290 g/mol. The van der Waals surface area contributed by atoms with Crippen molar-refractivity contribution in [2.75, 3.05) is 0 Å². The van der Waals surface area contributed by atoms with Gasteiger partial charge in [-0.1, -0.05) is 37.0 Å². The van der Waals surface area contributed by atoms with Crippen LogP contribution in [-0.2, 0) is 4.79 Å². The molecule has 1 rings (SSSR count). The van der Waals surface area contributed by atoms with Crippen LogP contribution in [0.25, 0.3) is 0 Å². The van der Waals surface area contributed by atoms with Crippen molar-refractivity contribution in [3.05, 3.63) is 33.8 Å². The summed E-state index contributed by atoms with van der Waals surface area (Å²) in [5.74, 6) is -1.81. The van der Waals surface area contributed by atoms with E-state index in [4.69, 9.17) is 28.3 Å². The standard InChI is InChI=1S/C12H13Cl2NO3/c1-6(2)10(12(17)18)15-11(16)7-3-8(13)5-9(14)4-7/h3-6,10H,1-2H3,(H,15,16)(H,17,18). The van der Waals surface area contributed by atoms with Crippen LogP contribution < -0.4 is 5.32 Å². The van der Waals surface area contributed by atoms with E-state index < -0.39 is 17.9 Å². The summed E-state index contributed by atoms with van der Waals surface area (Å²) in [7, 11) is 0. The second-order valence-electron chi connectivity index (χ2n) is 4.19. The molecule has 18 heavy (non-hydrogen) atoms. The van der Waals surface area contributed by atoms with Crippen LogP contribution in [0.5, 0.6) is 0 Å². The lowest BCUT2D eigenvalue weighted by atomic mass is 10.0. The topological polar surface area (TPSA) is 66.4 Å². The molecule has 0 aromatic heterocycles. The van der Waals surface area contributed by atoms with Crippen LogP contribution in [0.3, 0.4) is 0 Å². The van der Waals surface area contributed by atoms with Crippen molar-refractivity contribution in [1.82, 2.24) is 5.32 Å². The first-order valence-corrected chi connectivity index (χ1v) is 6.06. The molecule has 0 aliphatic carbocycles. The van der Waals surface area contributed by atoms with Crippen LogP contribution in [-0.4, -0.2) is 23.0 Å². The number of nitrogens with one attached hydrogen (secondary N) is 1. The van der Waals surface area contributed by atoms with Gasteiger partial charge in [-0.3, -0.25) is 4.79 Å². The maximum Gasteiger partial charge on any atom is 0.326 e. The minimum absolute atomic E-state index is 0.221. The third-order valence-electron chi connectivity index (χ3n) is 2.34. The fraction of sp³-hybridized carbons (Fsp3) is 0.333. The van der Waals surface area contributed by atoms with E-state index in [0.29, 0.717) is 10.0 Å². The van der Waals surface area contributed by atoms with Gasteiger partial charge in [0.2, 0.25) is 0 Å². The quantitative estimate of drug-likeness (QED) is 0.896. The summed E-state index contributed by atoms with van der Waals surface area (Å²) in [4.78, 5) is 22.9. The van der Waals surface area contributed by atoms with E-state index in [1.54, 1.807) is 13.8 Å². The van der Waals surface area contributed by atoms with Gasteiger partial charge in [-0.2, -0.15) is 0 Å². The fourth-order valence-corrected chi connectivity index (χ4v) is 1.95. The number of carboxylic acids is 1. The first-order valence-electron chi connectivity index (χ1n) is 5.31. The number of carbonyl (C=O) groups is 2. The number of halogens is 2. The minimum atomic E-state index is -1.08. The first kappa shape index (κ1) is 14.8. The van der Waals surface area contributed by atoms with E-state index in [-0.39, 0.29) is 11.5 Å². The summed E-state index contributed by atoms with van der Waals surface area (Å²) >= 11 is 11.6. The smallest absolute Gasteiger partial charge is 0.326 e. The zero-order chi connectivity index (χ0) is 13.9. The van der Waals surface area contributed by atoms with Crippen LogP contribution in [0.15, 0.2) is 18.2 Å². The number of aliphatic carboxylic acids is 1. The third-order valence-corrected chi connectivity index (χ3v) is 2.78. The lowest BCUT2D eigenvalue weighted by Gasteiger charge is -2.18. The van der Waals surface area contributed by atoms with Crippen LogP contribution in [0, 0.1) is 5.92 Å². The maximum absolute atomic E-state index is 11.9. The maximum atomic E-state index is 11.9. The van der Waals surface area contributed by atoms with E-state index in [0.717, 1.165) is 0 Å². The molecule has 0 fully saturated rings. The molecule has 0 aliphatic heterocycles. The molecule has 98 valence electrons. The predicted octanol–water partition coefficient (Wildman–Crippen LogP) is 2.83. The Kier molecular flexibility index (Phi) is 4.99. The number of amides is 1. The third kappa shape index (κ3) is 3.89. The molecule has 1 aromatic carbocycles. The second kappa shape index (κ2) is 6.07. The molecule has 0 bridgehead atoms. The van der Waals surface area contributed by atoms with Crippen LogP contribution in [0.4, 0.5) is 0 Å². The Balaban J connectivity index is 2.90. The summed E-state index contributed by atoms with van der Waals surface area (Å²) in [5.41, 5.74) is 0.236. The Labute approximate surface area is 115 Å². The molecule has 1 atom stereocenters. The van der Waals surface area contributed by atoms with Crippen molar-refractivity contribution in [3.63, 3.8) is 0 Å². The Morgan fingerprint density at radius 2 is 1.67 bits per heavy atom. The van der Waals surface area contributed by atoms with Gasteiger partial charge in [-0.05, 0) is 24.1 Å².